The van der Waals surface area contributed by atoms with E-state index in [1.54, 1.807) is 18.2 Å². The smallest absolute Gasteiger partial charge is 0.356 e. The summed E-state index contributed by atoms with van der Waals surface area (Å²) in [7, 11) is 0. The molecule has 1 aliphatic heterocycles. The van der Waals surface area contributed by atoms with Crippen LogP contribution in [0.15, 0.2) is 28.8 Å². The number of fused-ring (bicyclic) bond motifs is 1. The van der Waals surface area contributed by atoms with E-state index in [2.05, 4.69) is 15.0 Å². The summed E-state index contributed by atoms with van der Waals surface area (Å²) in [5, 5.41) is 5.63. The molecule has 0 fully saturated rings. The fourth-order valence-corrected chi connectivity index (χ4v) is 1.93. The SMILES string of the molecule is O=C1Cc2cc(-c3cc(C(F)(F)F)no3)ccc2N1. The molecule has 0 atom stereocenters. The van der Waals surface area contributed by atoms with E-state index in [0.29, 0.717) is 11.3 Å². The number of amides is 1. The summed E-state index contributed by atoms with van der Waals surface area (Å²) in [4.78, 5) is 11.2. The lowest BCUT2D eigenvalue weighted by molar-refractivity contribution is -0.142. The van der Waals surface area contributed by atoms with Crippen molar-refractivity contribution in [3.05, 3.63) is 35.5 Å². The molecule has 2 aromatic rings. The monoisotopic (exact) mass is 268 g/mol. The molecule has 3 rings (SSSR count). The number of nitrogens with one attached hydrogen (secondary N) is 1. The first-order chi connectivity index (χ1) is 8.93. The molecule has 0 spiro atoms. The largest absolute Gasteiger partial charge is 0.436 e. The number of hydrogen-bond acceptors (Lipinski definition) is 3. The number of halogens is 3. The Labute approximate surface area is 105 Å². The molecule has 1 aliphatic rings. The molecule has 0 unspecified atom stereocenters. The molecule has 1 aromatic carbocycles. The van der Waals surface area contributed by atoms with Crippen LogP contribution in [0.2, 0.25) is 0 Å². The van der Waals surface area contributed by atoms with Crippen LogP contribution in [-0.4, -0.2) is 11.1 Å². The van der Waals surface area contributed by atoms with E-state index in [0.717, 1.165) is 11.6 Å². The lowest BCUT2D eigenvalue weighted by Gasteiger charge is -2.00. The zero-order valence-electron chi connectivity index (χ0n) is 9.41. The van der Waals surface area contributed by atoms with Gasteiger partial charge in [-0.15, -0.1) is 0 Å². The van der Waals surface area contributed by atoms with E-state index in [1.807, 2.05) is 0 Å². The van der Waals surface area contributed by atoms with Gasteiger partial charge in [-0.2, -0.15) is 13.2 Å². The van der Waals surface area contributed by atoms with Crippen LogP contribution in [-0.2, 0) is 17.4 Å². The molecule has 19 heavy (non-hydrogen) atoms. The van der Waals surface area contributed by atoms with Gasteiger partial charge in [0.2, 0.25) is 5.91 Å². The van der Waals surface area contributed by atoms with Gasteiger partial charge in [0.15, 0.2) is 11.5 Å². The number of anilines is 1. The number of nitrogens with zero attached hydrogens (tertiary/aromatic N) is 1. The molecule has 0 aliphatic carbocycles. The van der Waals surface area contributed by atoms with E-state index in [-0.39, 0.29) is 18.1 Å². The Morgan fingerprint density at radius 1 is 1.26 bits per heavy atom. The number of benzene rings is 1. The first-order valence-corrected chi connectivity index (χ1v) is 5.40. The average Bonchev–Trinajstić information content (AvgIpc) is 2.90. The predicted octanol–water partition coefficient (Wildman–Crippen LogP) is 2.86. The highest BCUT2D eigenvalue weighted by atomic mass is 19.4. The highest BCUT2D eigenvalue weighted by molar-refractivity contribution is 5.99. The van der Waals surface area contributed by atoms with Gasteiger partial charge in [-0.25, -0.2) is 0 Å². The molecule has 0 radical (unpaired) electrons. The molecule has 0 saturated carbocycles. The zero-order chi connectivity index (χ0) is 13.6. The van der Waals surface area contributed by atoms with E-state index < -0.39 is 11.9 Å². The lowest BCUT2D eigenvalue weighted by atomic mass is 10.1. The summed E-state index contributed by atoms with van der Waals surface area (Å²) in [6.07, 6.45) is -4.32. The van der Waals surface area contributed by atoms with E-state index in [4.69, 9.17) is 0 Å². The fourth-order valence-electron chi connectivity index (χ4n) is 1.93. The third-order valence-electron chi connectivity index (χ3n) is 2.82. The number of carbonyl (C=O) groups excluding carboxylic acids is 1. The third kappa shape index (κ3) is 2.07. The molecule has 0 bridgehead atoms. The Bertz CT molecular complexity index is 661. The Morgan fingerprint density at radius 3 is 2.74 bits per heavy atom. The summed E-state index contributed by atoms with van der Waals surface area (Å²) in [5.74, 6) is -0.116. The first-order valence-electron chi connectivity index (χ1n) is 5.40. The Morgan fingerprint density at radius 2 is 2.05 bits per heavy atom. The molecule has 4 nitrogen and oxygen atoms in total. The van der Waals surface area contributed by atoms with Crippen molar-refractivity contribution in [2.24, 2.45) is 0 Å². The normalized spacial score (nSPS) is 14.4. The Kier molecular flexibility index (Phi) is 2.38. The number of alkyl halides is 3. The first kappa shape index (κ1) is 11.8. The van der Waals surface area contributed by atoms with Gasteiger partial charge in [-0.1, -0.05) is 5.16 Å². The van der Waals surface area contributed by atoms with Crippen molar-refractivity contribution in [1.29, 1.82) is 0 Å². The van der Waals surface area contributed by atoms with Gasteiger partial charge in [0.25, 0.3) is 0 Å². The second kappa shape index (κ2) is 3.84. The predicted molar refractivity (Wildman–Crippen MR) is 59.3 cm³/mol. The second-order valence-corrected chi connectivity index (χ2v) is 4.17. The molecule has 7 heteroatoms. The van der Waals surface area contributed by atoms with Crippen molar-refractivity contribution in [2.45, 2.75) is 12.6 Å². The fraction of sp³-hybridized carbons (Fsp3) is 0.167. The number of rotatable bonds is 1. The van der Waals surface area contributed by atoms with Crippen molar-refractivity contribution in [2.75, 3.05) is 5.32 Å². The maximum atomic E-state index is 12.4. The lowest BCUT2D eigenvalue weighted by Crippen LogP contribution is -2.04. The van der Waals surface area contributed by atoms with Crippen LogP contribution in [0.3, 0.4) is 0 Å². The van der Waals surface area contributed by atoms with Gasteiger partial charge < -0.3 is 9.84 Å². The molecule has 98 valence electrons. The number of hydrogen-bond donors (Lipinski definition) is 1. The van der Waals surface area contributed by atoms with E-state index in [9.17, 15) is 18.0 Å². The Hall–Kier alpha value is -2.31. The average molecular weight is 268 g/mol. The standard InChI is InChI=1S/C12H7F3N2O2/c13-12(14,15)10-5-9(19-17-10)6-1-2-8-7(3-6)4-11(18)16-8/h1-3,5H,4H2,(H,16,18). The van der Waals surface area contributed by atoms with Crippen LogP contribution in [0.4, 0.5) is 18.9 Å². The topological polar surface area (TPSA) is 55.1 Å². The van der Waals surface area contributed by atoms with Crippen LogP contribution >= 0.6 is 0 Å². The minimum Gasteiger partial charge on any atom is -0.356 e. The molecular formula is C12H7F3N2O2. The maximum Gasteiger partial charge on any atom is 0.436 e. The van der Waals surface area contributed by atoms with Crippen LogP contribution in [0.1, 0.15) is 11.3 Å². The molecule has 1 aromatic heterocycles. The minimum atomic E-state index is -4.53. The van der Waals surface area contributed by atoms with Crippen molar-refractivity contribution in [3.8, 4) is 11.3 Å². The van der Waals surface area contributed by atoms with Crippen molar-refractivity contribution >= 4 is 11.6 Å². The second-order valence-electron chi connectivity index (χ2n) is 4.17. The van der Waals surface area contributed by atoms with Crippen LogP contribution in [0, 0.1) is 0 Å². The Balaban J connectivity index is 1.97. The quantitative estimate of drug-likeness (QED) is 0.865. The molecule has 0 saturated heterocycles. The summed E-state index contributed by atoms with van der Waals surface area (Å²) in [6.45, 7) is 0. The molecule has 1 amide bonds. The maximum absolute atomic E-state index is 12.4. The van der Waals surface area contributed by atoms with Crippen molar-refractivity contribution in [3.63, 3.8) is 0 Å². The summed E-state index contributed by atoms with van der Waals surface area (Å²) >= 11 is 0. The minimum absolute atomic E-state index is 0.0227. The van der Waals surface area contributed by atoms with Gasteiger partial charge in [-0.3, -0.25) is 4.79 Å². The van der Waals surface area contributed by atoms with Gasteiger partial charge in [0, 0.05) is 17.3 Å². The summed E-state index contributed by atoms with van der Waals surface area (Å²) in [6, 6.07) is 5.66. The summed E-state index contributed by atoms with van der Waals surface area (Å²) in [5.41, 5.74) is 0.784. The van der Waals surface area contributed by atoms with E-state index in [1.165, 1.54) is 0 Å². The van der Waals surface area contributed by atoms with Gasteiger partial charge in [-0.05, 0) is 23.8 Å². The molecule has 2 heterocycles. The third-order valence-corrected chi connectivity index (χ3v) is 2.82. The van der Waals surface area contributed by atoms with Crippen molar-refractivity contribution < 1.29 is 22.5 Å². The molecule has 1 N–H and O–H groups in total. The van der Waals surface area contributed by atoms with E-state index >= 15 is 0 Å². The van der Waals surface area contributed by atoms with Gasteiger partial charge in [0.1, 0.15) is 0 Å². The van der Waals surface area contributed by atoms with Gasteiger partial charge >= 0.3 is 6.18 Å². The zero-order valence-corrected chi connectivity index (χ0v) is 9.41. The summed E-state index contributed by atoms with van der Waals surface area (Å²) < 4.78 is 41.9. The van der Waals surface area contributed by atoms with Crippen molar-refractivity contribution in [1.82, 2.24) is 5.16 Å². The van der Waals surface area contributed by atoms with Crippen LogP contribution in [0.5, 0.6) is 0 Å². The highest BCUT2D eigenvalue weighted by Gasteiger charge is 2.35. The van der Waals surface area contributed by atoms with Crippen LogP contribution < -0.4 is 5.32 Å². The molecular weight excluding hydrogens is 261 g/mol. The highest BCUT2D eigenvalue weighted by Crippen LogP contribution is 2.33. The van der Waals surface area contributed by atoms with Crippen LogP contribution in [0.25, 0.3) is 11.3 Å². The number of carbonyl (C=O) groups is 1. The number of aromatic nitrogens is 1. The van der Waals surface area contributed by atoms with Gasteiger partial charge in [0.05, 0.1) is 6.42 Å².